The van der Waals surface area contributed by atoms with Crippen molar-refractivity contribution in [2.45, 2.75) is 19.8 Å². The number of benzene rings is 1. The molecule has 0 aliphatic carbocycles. The minimum Gasteiger partial charge on any atom is -0.296 e. The number of hydrogen-bond donors (Lipinski definition) is 0. The second kappa shape index (κ2) is 4.59. The molecule has 0 atom stereocenters. The van der Waals surface area contributed by atoms with Gasteiger partial charge in [-0.2, -0.15) is 9.61 Å². The summed E-state index contributed by atoms with van der Waals surface area (Å²) >= 11 is 1.53. The van der Waals surface area contributed by atoms with Crippen LogP contribution in [0, 0.1) is 0 Å². The number of carbonyl (C=O) groups is 1. The van der Waals surface area contributed by atoms with Crippen molar-refractivity contribution in [2.75, 3.05) is 0 Å². The smallest absolute Gasteiger partial charge is 0.213 e. The van der Waals surface area contributed by atoms with E-state index in [1.165, 1.54) is 11.3 Å². The Labute approximate surface area is 114 Å². The molecule has 0 spiro atoms. The van der Waals surface area contributed by atoms with Gasteiger partial charge in [-0.1, -0.05) is 55.5 Å². The second-order valence-corrected chi connectivity index (χ2v) is 5.61. The molecule has 5 heteroatoms. The van der Waals surface area contributed by atoms with Gasteiger partial charge in [-0.3, -0.25) is 4.79 Å². The SMILES string of the molecule is CC(C)c1nn2c(C=O)c(-c3ccccc3)nc2s1. The maximum atomic E-state index is 11.4. The van der Waals surface area contributed by atoms with Gasteiger partial charge in [0.15, 0.2) is 6.29 Å². The summed E-state index contributed by atoms with van der Waals surface area (Å²) in [5.41, 5.74) is 2.16. The number of aromatic nitrogens is 3. The Bertz CT molecular complexity index is 728. The molecule has 2 heterocycles. The number of imidazole rings is 1. The standard InChI is InChI=1S/C14H13N3OS/c1-9(2)13-16-17-11(8-18)12(15-14(17)19-13)10-6-4-3-5-7-10/h3-9H,1-2H3. The van der Waals surface area contributed by atoms with E-state index in [4.69, 9.17) is 0 Å². The normalized spacial score (nSPS) is 11.3. The largest absolute Gasteiger partial charge is 0.296 e. The highest BCUT2D eigenvalue weighted by Gasteiger charge is 2.18. The molecule has 0 aliphatic heterocycles. The molecule has 1 aromatic carbocycles. The zero-order valence-corrected chi connectivity index (χ0v) is 11.5. The first-order valence-electron chi connectivity index (χ1n) is 6.10. The van der Waals surface area contributed by atoms with Crippen molar-refractivity contribution in [1.29, 1.82) is 0 Å². The zero-order chi connectivity index (χ0) is 13.4. The van der Waals surface area contributed by atoms with Crippen molar-refractivity contribution in [1.82, 2.24) is 14.6 Å². The fourth-order valence-corrected chi connectivity index (χ4v) is 2.83. The molecule has 0 fully saturated rings. The predicted octanol–water partition coefficient (Wildman–Crippen LogP) is 3.39. The molecule has 0 radical (unpaired) electrons. The van der Waals surface area contributed by atoms with Crippen LogP contribution in [0.25, 0.3) is 16.2 Å². The Hall–Kier alpha value is -2.01. The van der Waals surface area contributed by atoms with E-state index >= 15 is 0 Å². The molecule has 0 aliphatic rings. The zero-order valence-electron chi connectivity index (χ0n) is 10.7. The summed E-state index contributed by atoms with van der Waals surface area (Å²) in [4.78, 5) is 16.7. The third kappa shape index (κ3) is 1.96. The van der Waals surface area contributed by atoms with Gasteiger partial charge >= 0.3 is 0 Å². The Kier molecular flexibility index (Phi) is 2.91. The molecule has 2 aromatic heterocycles. The topological polar surface area (TPSA) is 47.3 Å². The van der Waals surface area contributed by atoms with Gasteiger partial charge in [0.05, 0.1) is 0 Å². The third-order valence-electron chi connectivity index (χ3n) is 2.91. The summed E-state index contributed by atoms with van der Waals surface area (Å²) in [5.74, 6) is 0.339. The molecular weight excluding hydrogens is 258 g/mol. The van der Waals surface area contributed by atoms with E-state index in [-0.39, 0.29) is 0 Å². The number of hydrogen-bond acceptors (Lipinski definition) is 4. The molecule has 0 saturated heterocycles. The van der Waals surface area contributed by atoms with Crippen LogP contribution in [-0.4, -0.2) is 20.9 Å². The molecule has 3 rings (SSSR count). The van der Waals surface area contributed by atoms with E-state index in [2.05, 4.69) is 23.9 Å². The van der Waals surface area contributed by atoms with Crippen molar-refractivity contribution < 1.29 is 4.79 Å². The summed E-state index contributed by atoms with van der Waals surface area (Å²) in [6.45, 7) is 4.16. The lowest BCUT2D eigenvalue weighted by Crippen LogP contribution is -1.96. The number of aldehydes is 1. The molecule has 96 valence electrons. The van der Waals surface area contributed by atoms with Crippen LogP contribution in [0.2, 0.25) is 0 Å². The molecule has 0 N–H and O–H groups in total. The molecule has 0 bridgehead atoms. The summed E-state index contributed by atoms with van der Waals surface area (Å²) in [6.07, 6.45) is 0.826. The summed E-state index contributed by atoms with van der Waals surface area (Å²) < 4.78 is 1.65. The fourth-order valence-electron chi connectivity index (χ4n) is 1.93. The van der Waals surface area contributed by atoms with Crippen molar-refractivity contribution in [3.63, 3.8) is 0 Å². The second-order valence-electron chi connectivity index (χ2n) is 4.62. The highest BCUT2D eigenvalue weighted by atomic mass is 32.1. The lowest BCUT2D eigenvalue weighted by Gasteiger charge is -1.98. The van der Waals surface area contributed by atoms with Gasteiger partial charge in [-0.25, -0.2) is 4.98 Å². The quantitative estimate of drug-likeness (QED) is 0.686. The Balaban J connectivity index is 2.22. The summed E-state index contributed by atoms with van der Waals surface area (Å²) in [7, 11) is 0. The molecule has 0 saturated carbocycles. The van der Waals surface area contributed by atoms with E-state index in [1.807, 2.05) is 30.3 Å². The highest BCUT2D eigenvalue weighted by molar-refractivity contribution is 7.16. The van der Waals surface area contributed by atoms with Gasteiger partial charge in [0.1, 0.15) is 16.4 Å². The van der Waals surface area contributed by atoms with Crippen LogP contribution < -0.4 is 0 Å². The lowest BCUT2D eigenvalue weighted by molar-refractivity contribution is 0.111. The van der Waals surface area contributed by atoms with Gasteiger partial charge < -0.3 is 0 Å². The van der Waals surface area contributed by atoms with Gasteiger partial charge in [-0.05, 0) is 0 Å². The van der Waals surface area contributed by atoms with Crippen LogP contribution in [0.1, 0.15) is 35.3 Å². The summed E-state index contributed by atoms with van der Waals surface area (Å²) in [5, 5.41) is 5.46. The molecule has 3 aromatic rings. The van der Waals surface area contributed by atoms with E-state index in [1.54, 1.807) is 4.52 Å². The first-order chi connectivity index (χ1) is 9.20. The van der Waals surface area contributed by atoms with Gasteiger partial charge in [0.2, 0.25) is 4.96 Å². The number of carbonyl (C=O) groups excluding carboxylic acids is 1. The average Bonchev–Trinajstić information content (AvgIpc) is 2.96. The van der Waals surface area contributed by atoms with E-state index in [0.29, 0.717) is 17.3 Å². The molecule has 0 unspecified atom stereocenters. The molecule has 0 amide bonds. The van der Waals surface area contributed by atoms with Gasteiger partial charge in [-0.15, -0.1) is 0 Å². The minimum atomic E-state index is 0.339. The van der Waals surface area contributed by atoms with Crippen molar-refractivity contribution in [3.8, 4) is 11.3 Å². The fraction of sp³-hybridized carbons (Fsp3) is 0.214. The van der Waals surface area contributed by atoms with Gasteiger partial charge in [0, 0.05) is 11.5 Å². The Morgan fingerprint density at radius 2 is 2.00 bits per heavy atom. The maximum Gasteiger partial charge on any atom is 0.213 e. The van der Waals surface area contributed by atoms with Crippen LogP contribution in [0.3, 0.4) is 0 Å². The van der Waals surface area contributed by atoms with Crippen LogP contribution >= 0.6 is 11.3 Å². The van der Waals surface area contributed by atoms with Crippen LogP contribution in [-0.2, 0) is 0 Å². The lowest BCUT2D eigenvalue weighted by atomic mass is 10.1. The first-order valence-corrected chi connectivity index (χ1v) is 6.92. The highest BCUT2D eigenvalue weighted by Crippen LogP contribution is 2.28. The molecule has 19 heavy (non-hydrogen) atoms. The average molecular weight is 271 g/mol. The Morgan fingerprint density at radius 1 is 1.26 bits per heavy atom. The van der Waals surface area contributed by atoms with Crippen LogP contribution in [0.5, 0.6) is 0 Å². The molecule has 4 nitrogen and oxygen atoms in total. The first kappa shape index (κ1) is 12.0. The monoisotopic (exact) mass is 271 g/mol. The van der Waals surface area contributed by atoms with E-state index in [9.17, 15) is 4.79 Å². The van der Waals surface area contributed by atoms with Crippen molar-refractivity contribution in [3.05, 3.63) is 41.0 Å². The number of rotatable bonds is 3. The van der Waals surface area contributed by atoms with Crippen molar-refractivity contribution >= 4 is 22.6 Å². The summed E-state index contributed by atoms with van der Waals surface area (Å²) in [6, 6.07) is 9.71. The van der Waals surface area contributed by atoms with Crippen LogP contribution in [0.4, 0.5) is 0 Å². The van der Waals surface area contributed by atoms with Crippen LogP contribution in [0.15, 0.2) is 30.3 Å². The minimum absolute atomic E-state index is 0.339. The van der Waals surface area contributed by atoms with Gasteiger partial charge in [0.25, 0.3) is 0 Å². The van der Waals surface area contributed by atoms with E-state index in [0.717, 1.165) is 21.8 Å². The Morgan fingerprint density at radius 3 is 2.63 bits per heavy atom. The maximum absolute atomic E-state index is 11.4. The van der Waals surface area contributed by atoms with Crippen molar-refractivity contribution in [2.24, 2.45) is 0 Å². The third-order valence-corrected chi connectivity index (χ3v) is 4.12. The number of nitrogens with zero attached hydrogens (tertiary/aromatic N) is 3. The predicted molar refractivity (Wildman–Crippen MR) is 75.8 cm³/mol. The van der Waals surface area contributed by atoms with E-state index < -0.39 is 0 Å². The number of fused-ring (bicyclic) bond motifs is 1. The molecular formula is C14H13N3OS.